The molecule has 1 N–H and O–H groups in total. The van der Waals surface area contributed by atoms with Crippen LogP contribution in [0.2, 0.25) is 0 Å². The highest BCUT2D eigenvalue weighted by Crippen LogP contribution is 2.50. The van der Waals surface area contributed by atoms with E-state index in [1.807, 2.05) is 0 Å². The van der Waals surface area contributed by atoms with Crippen molar-refractivity contribution in [2.45, 2.75) is 36.3 Å². The summed E-state index contributed by atoms with van der Waals surface area (Å²) in [5.41, 5.74) is 0. The number of fused-ring (bicyclic) bond motifs is 1. The Hall–Kier alpha value is 0.310. The first-order chi connectivity index (χ1) is 4.20. The molecule has 2 saturated heterocycles. The summed E-state index contributed by atoms with van der Waals surface area (Å²) < 4.78 is 0.529. The zero-order valence-corrected chi connectivity index (χ0v) is 6.79. The molecular weight excluding hydrogens is 130 g/mol. The lowest BCUT2D eigenvalue weighted by Crippen LogP contribution is -2.55. The third-order valence-electron chi connectivity index (χ3n) is 2.37. The van der Waals surface area contributed by atoms with Crippen LogP contribution in [-0.2, 0) is 0 Å². The Balaban J connectivity index is 2.09. The van der Waals surface area contributed by atoms with Gasteiger partial charge in [-0.2, -0.15) is 0 Å². The fourth-order valence-electron chi connectivity index (χ4n) is 1.89. The standard InChI is InChI=1S/C7H13NS/c1-7(2)6-5(9-7)3-4-8-6/h5-6,8H,3-4H2,1-2H3. The highest BCUT2D eigenvalue weighted by atomic mass is 32.2. The molecule has 0 aromatic heterocycles. The van der Waals surface area contributed by atoms with Crippen LogP contribution in [0, 0.1) is 0 Å². The average Bonchev–Trinajstić information content (AvgIpc) is 2.10. The Morgan fingerprint density at radius 3 is 2.78 bits per heavy atom. The maximum absolute atomic E-state index is 3.53. The van der Waals surface area contributed by atoms with Crippen molar-refractivity contribution in [3.8, 4) is 0 Å². The number of thioether (sulfide) groups is 1. The summed E-state index contributed by atoms with van der Waals surface area (Å²) in [6, 6.07) is 0.822. The summed E-state index contributed by atoms with van der Waals surface area (Å²) in [4.78, 5) is 0. The van der Waals surface area contributed by atoms with E-state index >= 15 is 0 Å². The van der Waals surface area contributed by atoms with Gasteiger partial charge in [-0.1, -0.05) is 0 Å². The van der Waals surface area contributed by atoms with E-state index in [9.17, 15) is 0 Å². The van der Waals surface area contributed by atoms with Gasteiger partial charge in [0.1, 0.15) is 0 Å². The lowest BCUT2D eigenvalue weighted by Gasteiger charge is -2.46. The monoisotopic (exact) mass is 143 g/mol. The Bertz CT molecular complexity index is 133. The topological polar surface area (TPSA) is 12.0 Å². The fourth-order valence-corrected chi connectivity index (χ4v) is 3.65. The first-order valence-corrected chi connectivity index (χ1v) is 4.49. The second-order valence-corrected chi connectivity index (χ2v) is 5.37. The summed E-state index contributed by atoms with van der Waals surface area (Å²) in [5, 5.41) is 4.47. The molecule has 2 heteroatoms. The SMILES string of the molecule is CC1(C)SC2CCNC21. The normalized spacial score (nSPS) is 46.0. The third kappa shape index (κ3) is 0.729. The summed E-state index contributed by atoms with van der Waals surface area (Å²) in [7, 11) is 0. The maximum Gasteiger partial charge on any atom is 0.0329 e. The summed E-state index contributed by atoms with van der Waals surface area (Å²) in [6.45, 7) is 5.90. The minimum absolute atomic E-state index is 0.529. The van der Waals surface area contributed by atoms with Gasteiger partial charge in [-0.25, -0.2) is 0 Å². The average molecular weight is 143 g/mol. The van der Waals surface area contributed by atoms with Gasteiger partial charge in [0.15, 0.2) is 0 Å². The van der Waals surface area contributed by atoms with Crippen molar-refractivity contribution in [2.75, 3.05) is 6.54 Å². The van der Waals surface area contributed by atoms with E-state index in [0.29, 0.717) is 4.75 Å². The van der Waals surface area contributed by atoms with Crippen LogP contribution in [0.15, 0.2) is 0 Å². The third-order valence-corrected chi connectivity index (χ3v) is 4.04. The first-order valence-electron chi connectivity index (χ1n) is 3.61. The van der Waals surface area contributed by atoms with E-state index < -0.39 is 0 Å². The molecule has 2 fully saturated rings. The van der Waals surface area contributed by atoms with Crippen molar-refractivity contribution in [1.29, 1.82) is 0 Å². The molecule has 52 valence electrons. The molecule has 2 heterocycles. The van der Waals surface area contributed by atoms with Gasteiger partial charge in [0.2, 0.25) is 0 Å². The molecule has 0 aromatic carbocycles. The molecule has 0 bridgehead atoms. The van der Waals surface area contributed by atoms with Gasteiger partial charge >= 0.3 is 0 Å². The highest BCUT2D eigenvalue weighted by Gasteiger charge is 2.50. The van der Waals surface area contributed by atoms with Gasteiger partial charge in [0.05, 0.1) is 0 Å². The van der Waals surface area contributed by atoms with Crippen LogP contribution in [0.1, 0.15) is 20.3 Å². The molecule has 2 unspecified atom stereocenters. The molecule has 2 aliphatic rings. The lowest BCUT2D eigenvalue weighted by molar-refractivity contribution is 0.458. The van der Waals surface area contributed by atoms with Gasteiger partial charge in [-0.15, -0.1) is 11.8 Å². The van der Waals surface area contributed by atoms with Gasteiger partial charge in [0.25, 0.3) is 0 Å². The Morgan fingerprint density at radius 1 is 1.56 bits per heavy atom. The second-order valence-electron chi connectivity index (χ2n) is 3.48. The molecule has 2 rings (SSSR count). The van der Waals surface area contributed by atoms with Crippen molar-refractivity contribution in [1.82, 2.24) is 5.32 Å². The number of nitrogens with one attached hydrogen (secondary N) is 1. The zero-order valence-electron chi connectivity index (χ0n) is 5.98. The highest BCUT2D eigenvalue weighted by molar-refractivity contribution is 8.02. The minimum atomic E-state index is 0.529. The van der Waals surface area contributed by atoms with E-state index in [1.165, 1.54) is 13.0 Å². The predicted molar refractivity (Wildman–Crippen MR) is 41.9 cm³/mol. The van der Waals surface area contributed by atoms with Gasteiger partial charge < -0.3 is 5.32 Å². The van der Waals surface area contributed by atoms with Crippen molar-refractivity contribution >= 4 is 11.8 Å². The van der Waals surface area contributed by atoms with Gasteiger partial charge in [0, 0.05) is 16.0 Å². The molecule has 0 radical (unpaired) electrons. The fraction of sp³-hybridized carbons (Fsp3) is 1.00. The Kier molecular flexibility index (Phi) is 1.12. The number of hydrogen-bond donors (Lipinski definition) is 1. The minimum Gasteiger partial charge on any atom is -0.311 e. The first kappa shape index (κ1) is 6.05. The molecule has 1 nitrogen and oxygen atoms in total. The second kappa shape index (κ2) is 1.67. The maximum atomic E-state index is 3.53. The van der Waals surface area contributed by atoms with Crippen LogP contribution in [0.3, 0.4) is 0 Å². The molecule has 0 aliphatic carbocycles. The summed E-state index contributed by atoms with van der Waals surface area (Å²) in [5.74, 6) is 0. The van der Waals surface area contributed by atoms with Gasteiger partial charge in [-0.05, 0) is 26.8 Å². The quantitative estimate of drug-likeness (QED) is 0.547. The van der Waals surface area contributed by atoms with Crippen LogP contribution in [0.25, 0.3) is 0 Å². The lowest BCUT2D eigenvalue weighted by atomic mass is 9.99. The van der Waals surface area contributed by atoms with Crippen molar-refractivity contribution in [3.63, 3.8) is 0 Å². The van der Waals surface area contributed by atoms with Gasteiger partial charge in [-0.3, -0.25) is 0 Å². The van der Waals surface area contributed by atoms with Crippen LogP contribution >= 0.6 is 11.8 Å². The molecule has 2 atom stereocenters. The molecule has 0 aromatic rings. The van der Waals surface area contributed by atoms with Crippen LogP contribution < -0.4 is 5.32 Å². The molecule has 2 aliphatic heterocycles. The molecule has 0 amide bonds. The summed E-state index contributed by atoms with van der Waals surface area (Å²) in [6.07, 6.45) is 1.39. The predicted octanol–water partition coefficient (Wildman–Crippen LogP) is 1.24. The van der Waals surface area contributed by atoms with E-state index in [0.717, 1.165) is 11.3 Å². The van der Waals surface area contributed by atoms with Crippen LogP contribution in [0.4, 0.5) is 0 Å². The van der Waals surface area contributed by atoms with Crippen LogP contribution in [0.5, 0.6) is 0 Å². The Morgan fingerprint density at radius 2 is 2.33 bits per heavy atom. The van der Waals surface area contributed by atoms with Crippen molar-refractivity contribution < 1.29 is 0 Å². The number of hydrogen-bond acceptors (Lipinski definition) is 2. The number of rotatable bonds is 0. The van der Waals surface area contributed by atoms with E-state index in [2.05, 4.69) is 30.9 Å². The van der Waals surface area contributed by atoms with E-state index in [4.69, 9.17) is 0 Å². The molecule has 9 heavy (non-hydrogen) atoms. The molecular formula is C7H13NS. The summed E-state index contributed by atoms with van der Waals surface area (Å²) >= 11 is 2.14. The van der Waals surface area contributed by atoms with E-state index in [1.54, 1.807) is 0 Å². The Labute approximate surface area is 60.6 Å². The van der Waals surface area contributed by atoms with Crippen molar-refractivity contribution in [3.05, 3.63) is 0 Å². The smallest absolute Gasteiger partial charge is 0.0329 e. The van der Waals surface area contributed by atoms with E-state index in [-0.39, 0.29) is 0 Å². The van der Waals surface area contributed by atoms with Crippen molar-refractivity contribution in [2.24, 2.45) is 0 Å². The molecule has 0 spiro atoms. The molecule has 0 saturated carbocycles. The van der Waals surface area contributed by atoms with Crippen LogP contribution in [-0.4, -0.2) is 22.6 Å². The largest absolute Gasteiger partial charge is 0.311 e. The zero-order chi connectivity index (χ0) is 6.48.